The van der Waals surface area contributed by atoms with E-state index >= 15 is 0 Å². The monoisotopic (exact) mass is 262 g/mol. The summed E-state index contributed by atoms with van der Waals surface area (Å²) in [6, 6.07) is 6.09. The summed E-state index contributed by atoms with van der Waals surface area (Å²) < 4.78 is 0. The number of rotatable bonds is 7. The van der Waals surface area contributed by atoms with Crippen LogP contribution in [-0.2, 0) is 4.79 Å². The van der Waals surface area contributed by atoms with Crippen molar-refractivity contribution in [2.75, 3.05) is 18.4 Å². The first-order valence-corrected chi connectivity index (χ1v) is 7.06. The van der Waals surface area contributed by atoms with Crippen molar-refractivity contribution in [1.29, 1.82) is 0 Å². The van der Waals surface area contributed by atoms with Crippen LogP contribution in [0.1, 0.15) is 37.8 Å². The topological polar surface area (TPSA) is 41.1 Å². The molecule has 0 aromatic heterocycles. The number of aryl methyl sites for hydroxylation is 2. The highest BCUT2D eigenvalue weighted by Crippen LogP contribution is 2.13. The molecule has 1 rings (SSSR count). The number of amides is 1. The molecule has 0 fully saturated rings. The van der Waals surface area contributed by atoms with Gasteiger partial charge in [0.1, 0.15) is 0 Å². The van der Waals surface area contributed by atoms with Gasteiger partial charge in [-0.25, -0.2) is 0 Å². The Morgan fingerprint density at radius 3 is 2.32 bits per heavy atom. The van der Waals surface area contributed by atoms with Gasteiger partial charge in [0.2, 0.25) is 5.91 Å². The van der Waals surface area contributed by atoms with Crippen LogP contribution >= 0.6 is 0 Å². The number of carbonyl (C=O) groups excluding carboxylic acids is 1. The molecule has 0 saturated carbocycles. The van der Waals surface area contributed by atoms with Crippen molar-refractivity contribution in [3.8, 4) is 0 Å². The summed E-state index contributed by atoms with van der Waals surface area (Å²) in [6.07, 6.45) is 1.67. The second kappa shape index (κ2) is 7.95. The summed E-state index contributed by atoms with van der Waals surface area (Å²) in [7, 11) is 0. The van der Waals surface area contributed by atoms with Crippen LogP contribution in [0.5, 0.6) is 0 Å². The molecule has 0 spiro atoms. The van der Waals surface area contributed by atoms with Gasteiger partial charge in [0.05, 0.1) is 0 Å². The molecule has 0 aliphatic carbocycles. The highest BCUT2D eigenvalue weighted by molar-refractivity contribution is 5.91. The van der Waals surface area contributed by atoms with Gasteiger partial charge in [0.25, 0.3) is 0 Å². The lowest BCUT2D eigenvalue weighted by molar-refractivity contribution is -0.116. The molecule has 0 atom stereocenters. The summed E-state index contributed by atoms with van der Waals surface area (Å²) in [5, 5.41) is 6.24. The van der Waals surface area contributed by atoms with Crippen LogP contribution in [-0.4, -0.2) is 19.0 Å². The maximum Gasteiger partial charge on any atom is 0.225 e. The lowest BCUT2D eigenvalue weighted by Gasteiger charge is -2.09. The molecule has 0 saturated heterocycles. The molecule has 0 unspecified atom stereocenters. The zero-order valence-corrected chi connectivity index (χ0v) is 12.5. The van der Waals surface area contributed by atoms with E-state index in [0.29, 0.717) is 12.3 Å². The average Bonchev–Trinajstić information content (AvgIpc) is 2.26. The second-order valence-corrected chi connectivity index (χ2v) is 5.61. The Labute approximate surface area is 116 Å². The fraction of sp³-hybridized carbons (Fsp3) is 0.562. The minimum absolute atomic E-state index is 0.0713. The third-order valence-electron chi connectivity index (χ3n) is 2.93. The van der Waals surface area contributed by atoms with Crippen LogP contribution in [0.25, 0.3) is 0 Å². The molecular formula is C16H26N2O. The number of benzene rings is 1. The summed E-state index contributed by atoms with van der Waals surface area (Å²) in [4.78, 5) is 11.8. The quantitative estimate of drug-likeness (QED) is 0.740. The van der Waals surface area contributed by atoms with Crippen LogP contribution in [0.15, 0.2) is 18.2 Å². The van der Waals surface area contributed by atoms with Gasteiger partial charge >= 0.3 is 0 Å². The van der Waals surface area contributed by atoms with Gasteiger partial charge in [-0.1, -0.05) is 19.9 Å². The molecule has 19 heavy (non-hydrogen) atoms. The number of hydrogen-bond donors (Lipinski definition) is 2. The molecule has 0 radical (unpaired) electrons. The first kappa shape index (κ1) is 15.7. The number of carbonyl (C=O) groups is 1. The Kier molecular flexibility index (Phi) is 6.57. The van der Waals surface area contributed by atoms with Gasteiger partial charge in [-0.05, 0) is 56.0 Å². The second-order valence-electron chi connectivity index (χ2n) is 5.61. The third kappa shape index (κ3) is 6.97. The van der Waals surface area contributed by atoms with Gasteiger partial charge < -0.3 is 10.6 Å². The molecular weight excluding hydrogens is 236 g/mol. The molecule has 0 bridgehead atoms. The average molecular weight is 262 g/mol. The van der Waals surface area contributed by atoms with Gasteiger partial charge in [-0.3, -0.25) is 4.79 Å². The molecule has 0 aliphatic rings. The predicted molar refractivity (Wildman–Crippen MR) is 81.5 cm³/mol. The van der Waals surface area contributed by atoms with E-state index in [0.717, 1.165) is 25.2 Å². The lowest BCUT2D eigenvalue weighted by Crippen LogP contribution is -2.23. The van der Waals surface area contributed by atoms with Gasteiger partial charge in [-0.15, -0.1) is 0 Å². The van der Waals surface area contributed by atoms with Gasteiger partial charge in [0, 0.05) is 18.7 Å². The fourth-order valence-electron chi connectivity index (χ4n) is 1.99. The normalized spacial score (nSPS) is 10.8. The standard InChI is InChI=1S/C16H26N2O/c1-12(2)5-7-17-8-6-16(19)18-15-10-13(3)9-14(4)11-15/h9-12,17H,5-8H2,1-4H3,(H,18,19). The Morgan fingerprint density at radius 2 is 1.74 bits per heavy atom. The number of anilines is 1. The van der Waals surface area contributed by atoms with E-state index in [4.69, 9.17) is 0 Å². The zero-order chi connectivity index (χ0) is 14.3. The Balaban J connectivity index is 2.27. The molecule has 0 aliphatic heterocycles. The van der Waals surface area contributed by atoms with E-state index in [-0.39, 0.29) is 5.91 Å². The van der Waals surface area contributed by atoms with Crippen molar-refractivity contribution in [3.63, 3.8) is 0 Å². The van der Waals surface area contributed by atoms with E-state index in [2.05, 4.69) is 30.5 Å². The van der Waals surface area contributed by atoms with E-state index in [1.165, 1.54) is 11.1 Å². The summed E-state index contributed by atoms with van der Waals surface area (Å²) in [5.74, 6) is 0.777. The molecule has 1 aromatic rings. The lowest BCUT2D eigenvalue weighted by atomic mass is 10.1. The first-order chi connectivity index (χ1) is 8.97. The largest absolute Gasteiger partial charge is 0.326 e. The zero-order valence-electron chi connectivity index (χ0n) is 12.5. The highest BCUT2D eigenvalue weighted by atomic mass is 16.1. The molecule has 1 amide bonds. The molecule has 1 aromatic carbocycles. The summed E-state index contributed by atoms with van der Waals surface area (Å²) in [5.41, 5.74) is 3.24. The molecule has 0 heterocycles. The van der Waals surface area contributed by atoms with Crippen LogP contribution in [0, 0.1) is 19.8 Å². The third-order valence-corrected chi connectivity index (χ3v) is 2.93. The van der Waals surface area contributed by atoms with Crippen molar-refractivity contribution in [2.24, 2.45) is 5.92 Å². The minimum Gasteiger partial charge on any atom is -0.326 e. The summed E-state index contributed by atoms with van der Waals surface area (Å²) >= 11 is 0. The predicted octanol–water partition coefficient (Wildman–Crippen LogP) is 3.27. The molecule has 3 heteroatoms. The SMILES string of the molecule is Cc1cc(C)cc(NC(=O)CCNCCC(C)C)c1. The summed E-state index contributed by atoms with van der Waals surface area (Å²) in [6.45, 7) is 10.2. The molecule has 106 valence electrons. The van der Waals surface area contributed by atoms with Gasteiger partial charge in [-0.2, -0.15) is 0 Å². The van der Waals surface area contributed by atoms with E-state index in [1.54, 1.807) is 0 Å². The van der Waals surface area contributed by atoms with Crippen molar-refractivity contribution in [2.45, 2.75) is 40.5 Å². The smallest absolute Gasteiger partial charge is 0.225 e. The Morgan fingerprint density at radius 1 is 1.11 bits per heavy atom. The maximum absolute atomic E-state index is 11.8. The van der Waals surface area contributed by atoms with Crippen LogP contribution < -0.4 is 10.6 Å². The highest BCUT2D eigenvalue weighted by Gasteiger charge is 2.03. The Bertz CT molecular complexity index is 393. The van der Waals surface area contributed by atoms with E-state index < -0.39 is 0 Å². The van der Waals surface area contributed by atoms with Crippen molar-refractivity contribution < 1.29 is 4.79 Å². The van der Waals surface area contributed by atoms with Crippen molar-refractivity contribution in [3.05, 3.63) is 29.3 Å². The van der Waals surface area contributed by atoms with Crippen LogP contribution in [0.2, 0.25) is 0 Å². The first-order valence-electron chi connectivity index (χ1n) is 7.06. The minimum atomic E-state index is 0.0713. The number of hydrogen-bond acceptors (Lipinski definition) is 2. The van der Waals surface area contributed by atoms with Crippen LogP contribution in [0.4, 0.5) is 5.69 Å². The van der Waals surface area contributed by atoms with Crippen LogP contribution in [0.3, 0.4) is 0 Å². The van der Waals surface area contributed by atoms with E-state index in [1.807, 2.05) is 26.0 Å². The molecule has 2 N–H and O–H groups in total. The Hall–Kier alpha value is -1.35. The number of nitrogens with one attached hydrogen (secondary N) is 2. The van der Waals surface area contributed by atoms with E-state index in [9.17, 15) is 4.79 Å². The van der Waals surface area contributed by atoms with Crippen molar-refractivity contribution in [1.82, 2.24) is 5.32 Å². The molecule has 3 nitrogen and oxygen atoms in total. The maximum atomic E-state index is 11.8. The fourth-order valence-corrected chi connectivity index (χ4v) is 1.99. The van der Waals surface area contributed by atoms with Gasteiger partial charge in [0.15, 0.2) is 0 Å². The van der Waals surface area contributed by atoms with Crippen molar-refractivity contribution >= 4 is 11.6 Å².